The minimum Gasteiger partial charge on any atom is -0.495 e. The number of rotatable bonds is 6. The van der Waals surface area contributed by atoms with Crippen molar-refractivity contribution in [3.8, 4) is 17.0 Å². The van der Waals surface area contributed by atoms with E-state index in [0.717, 1.165) is 11.1 Å². The molecule has 0 radical (unpaired) electrons. The highest BCUT2D eigenvalue weighted by molar-refractivity contribution is 5.91. The van der Waals surface area contributed by atoms with Gasteiger partial charge in [0.1, 0.15) is 11.6 Å². The van der Waals surface area contributed by atoms with Crippen LogP contribution in [0.3, 0.4) is 0 Å². The SMILES string of the molecule is CCC.COc1cc(-c2cncc(NCc3cccnc3)n2)ccc1NC(C)=O. The smallest absolute Gasteiger partial charge is 0.221 e. The molecule has 0 saturated heterocycles. The third-order valence-electron chi connectivity index (χ3n) is 3.64. The van der Waals surface area contributed by atoms with Crippen molar-refractivity contribution < 1.29 is 9.53 Å². The molecular weight excluding hydrogens is 366 g/mol. The number of hydrogen-bond acceptors (Lipinski definition) is 6. The second-order valence-electron chi connectivity index (χ2n) is 6.31. The van der Waals surface area contributed by atoms with Gasteiger partial charge in [0.05, 0.1) is 30.9 Å². The van der Waals surface area contributed by atoms with Crippen molar-refractivity contribution in [2.75, 3.05) is 17.7 Å². The maximum Gasteiger partial charge on any atom is 0.221 e. The van der Waals surface area contributed by atoms with Crippen LogP contribution in [0.4, 0.5) is 11.5 Å². The molecule has 0 aliphatic rings. The van der Waals surface area contributed by atoms with Crippen molar-refractivity contribution in [1.29, 1.82) is 0 Å². The van der Waals surface area contributed by atoms with E-state index in [4.69, 9.17) is 4.74 Å². The van der Waals surface area contributed by atoms with E-state index in [9.17, 15) is 4.79 Å². The topological polar surface area (TPSA) is 89.0 Å². The van der Waals surface area contributed by atoms with Gasteiger partial charge in [0.25, 0.3) is 0 Å². The molecule has 7 nitrogen and oxygen atoms in total. The monoisotopic (exact) mass is 393 g/mol. The predicted octanol–water partition coefficient (Wildman–Crippen LogP) is 4.53. The van der Waals surface area contributed by atoms with E-state index in [2.05, 4.69) is 39.4 Å². The van der Waals surface area contributed by atoms with Crippen molar-refractivity contribution in [2.24, 2.45) is 0 Å². The van der Waals surface area contributed by atoms with Crippen molar-refractivity contribution in [1.82, 2.24) is 15.0 Å². The second kappa shape index (κ2) is 11.4. The van der Waals surface area contributed by atoms with Gasteiger partial charge in [-0.1, -0.05) is 32.4 Å². The fraction of sp³-hybridized carbons (Fsp3) is 0.273. The molecule has 0 atom stereocenters. The largest absolute Gasteiger partial charge is 0.495 e. The normalized spacial score (nSPS) is 9.79. The van der Waals surface area contributed by atoms with Crippen molar-refractivity contribution in [2.45, 2.75) is 33.7 Å². The summed E-state index contributed by atoms with van der Waals surface area (Å²) in [6, 6.07) is 9.35. The molecule has 2 heterocycles. The van der Waals surface area contributed by atoms with Gasteiger partial charge in [0.15, 0.2) is 0 Å². The summed E-state index contributed by atoms with van der Waals surface area (Å²) >= 11 is 0. The molecule has 0 spiro atoms. The molecule has 0 aliphatic carbocycles. The maximum absolute atomic E-state index is 11.3. The standard InChI is InChI=1S/C19H19N5O2.C3H8/c1-13(25)23-16-6-5-15(8-18(16)26-2)17-11-21-12-19(24-17)22-10-14-4-3-7-20-9-14;1-3-2/h3-9,11-12H,10H2,1-2H3,(H,22,24)(H,23,25);3H2,1-2H3. The highest BCUT2D eigenvalue weighted by Gasteiger charge is 2.09. The number of ether oxygens (including phenoxy) is 1. The van der Waals surface area contributed by atoms with Gasteiger partial charge in [-0.15, -0.1) is 0 Å². The molecule has 3 aromatic rings. The molecule has 0 saturated carbocycles. The molecule has 1 amide bonds. The summed E-state index contributed by atoms with van der Waals surface area (Å²) in [5.41, 5.74) is 3.21. The van der Waals surface area contributed by atoms with Crippen LogP contribution >= 0.6 is 0 Å². The molecule has 0 fully saturated rings. The number of pyridine rings is 1. The number of aromatic nitrogens is 3. The number of nitrogens with zero attached hydrogens (tertiary/aromatic N) is 3. The van der Waals surface area contributed by atoms with E-state index in [1.165, 1.54) is 13.3 Å². The maximum atomic E-state index is 11.3. The van der Waals surface area contributed by atoms with E-state index in [1.807, 2.05) is 24.3 Å². The zero-order valence-electron chi connectivity index (χ0n) is 17.3. The lowest BCUT2D eigenvalue weighted by molar-refractivity contribution is -0.114. The first-order valence-electron chi connectivity index (χ1n) is 9.48. The molecule has 1 aromatic carbocycles. The van der Waals surface area contributed by atoms with E-state index in [1.54, 1.807) is 38.0 Å². The highest BCUT2D eigenvalue weighted by Crippen LogP contribution is 2.30. The molecule has 152 valence electrons. The second-order valence-corrected chi connectivity index (χ2v) is 6.31. The molecule has 2 aromatic heterocycles. The zero-order valence-corrected chi connectivity index (χ0v) is 17.3. The number of nitrogens with one attached hydrogen (secondary N) is 2. The summed E-state index contributed by atoms with van der Waals surface area (Å²) < 4.78 is 5.36. The lowest BCUT2D eigenvalue weighted by atomic mass is 10.1. The van der Waals surface area contributed by atoms with E-state index in [0.29, 0.717) is 29.5 Å². The summed E-state index contributed by atoms with van der Waals surface area (Å²) in [6.45, 7) is 6.31. The number of benzene rings is 1. The number of amides is 1. The molecule has 7 heteroatoms. The van der Waals surface area contributed by atoms with Crippen molar-refractivity contribution in [3.05, 3.63) is 60.7 Å². The Bertz CT molecular complexity index is 916. The minimum absolute atomic E-state index is 0.155. The molecule has 0 aliphatic heterocycles. The van der Waals surface area contributed by atoms with Gasteiger partial charge in [0.2, 0.25) is 5.91 Å². The van der Waals surface area contributed by atoms with Crippen LogP contribution in [0.1, 0.15) is 32.8 Å². The Morgan fingerprint density at radius 2 is 1.90 bits per heavy atom. The Morgan fingerprint density at radius 1 is 1.10 bits per heavy atom. The summed E-state index contributed by atoms with van der Waals surface area (Å²) in [7, 11) is 1.56. The molecule has 0 unspecified atom stereocenters. The van der Waals surface area contributed by atoms with Gasteiger partial charge in [-0.3, -0.25) is 14.8 Å². The fourth-order valence-electron chi connectivity index (χ4n) is 2.43. The Labute approximate surface area is 171 Å². The Morgan fingerprint density at radius 3 is 2.55 bits per heavy atom. The third-order valence-corrected chi connectivity index (χ3v) is 3.64. The van der Waals surface area contributed by atoms with Gasteiger partial charge in [-0.05, 0) is 23.8 Å². The van der Waals surface area contributed by atoms with Crippen LogP contribution in [0.2, 0.25) is 0 Å². The lowest BCUT2D eigenvalue weighted by Gasteiger charge is -2.11. The van der Waals surface area contributed by atoms with E-state index >= 15 is 0 Å². The van der Waals surface area contributed by atoms with Crippen LogP contribution in [-0.4, -0.2) is 28.0 Å². The quantitative estimate of drug-likeness (QED) is 0.639. The van der Waals surface area contributed by atoms with Gasteiger partial charge in [-0.2, -0.15) is 0 Å². The van der Waals surface area contributed by atoms with Crippen LogP contribution in [-0.2, 0) is 11.3 Å². The molecule has 2 N–H and O–H groups in total. The number of hydrogen-bond donors (Lipinski definition) is 2. The first-order valence-corrected chi connectivity index (χ1v) is 9.48. The Hall–Kier alpha value is -3.48. The van der Waals surface area contributed by atoms with Crippen LogP contribution in [0, 0.1) is 0 Å². The first kappa shape index (κ1) is 21.8. The first-order chi connectivity index (χ1) is 14.1. The fourth-order valence-corrected chi connectivity index (χ4v) is 2.43. The van der Waals surface area contributed by atoms with E-state index in [-0.39, 0.29) is 5.91 Å². The van der Waals surface area contributed by atoms with Crippen LogP contribution in [0.25, 0.3) is 11.3 Å². The van der Waals surface area contributed by atoms with Crippen LogP contribution in [0.15, 0.2) is 55.1 Å². The van der Waals surface area contributed by atoms with Gasteiger partial charge in [0, 0.05) is 31.4 Å². The third kappa shape index (κ3) is 6.88. The molecule has 3 rings (SSSR count). The Kier molecular flexibility index (Phi) is 8.56. The molecule has 29 heavy (non-hydrogen) atoms. The lowest BCUT2D eigenvalue weighted by Crippen LogP contribution is -2.07. The number of carbonyl (C=O) groups excluding carboxylic acids is 1. The molecule has 0 bridgehead atoms. The van der Waals surface area contributed by atoms with Crippen molar-refractivity contribution >= 4 is 17.4 Å². The van der Waals surface area contributed by atoms with Gasteiger partial charge >= 0.3 is 0 Å². The average molecular weight is 393 g/mol. The van der Waals surface area contributed by atoms with Crippen LogP contribution < -0.4 is 15.4 Å². The number of carbonyl (C=O) groups is 1. The highest BCUT2D eigenvalue weighted by atomic mass is 16.5. The zero-order chi connectivity index (χ0) is 21.1. The van der Waals surface area contributed by atoms with Crippen molar-refractivity contribution in [3.63, 3.8) is 0 Å². The summed E-state index contributed by atoms with van der Waals surface area (Å²) in [4.78, 5) is 24.2. The predicted molar refractivity (Wildman–Crippen MR) is 116 cm³/mol. The van der Waals surface area contributed by atoms with Gasteiger partial charge in [-0.25, -0.2) is 4.98 Å². The van der Waals surface area contributed by atoms with Crippen LogP contribution in [0.5, 0.6) is 5.75 Å². The summed E-state index contributed by atoms with van der Waals surface area (Å²) in [5, 5.41) is 5.97. The summed E-state index contributed by atoms with van der Waals surface area (Å²) in [5.74, 6) is 1.07. The Balaban J connectivity index is 0.000000941. The number of anilines is 2. The van der Waals surface area contributed by atoms with E-state index < -0.39 is 0 Å². The minimum atomic E-state index is -0.155. The molecular formula is C22H27N5O2. The van der Waals surface area contributed by atoms with Gasteiger partial charge < -0.3 is 15.4 Å². The summed E-state index contributed by atoms with van der Waals surface area (Å²) in [6.07, 6.45) is 8.14. The number of methoxy groups -OCH3 is 1. The average Bonchev–Trinajstić information content (AvgIpc) is 2.74.